The van der Waals surface area contributed by atoms with Crippen molar-refractivity contribution in [3.8, 4) is 0 Å². The molecule has 0 amide bonds. The molecule has 0 heterocycles. The molecule has 0 N–H and O–H groups in total. The normalized spacial score (nSPS) is 11.0. The molecule has 0 unspecified atom stereocenters. The molecule has 0 fully saturated rings. The van der Waals surface area contributed by atoms with Crippen LogP contribution in [0.3, 0.4) is 0 Å². The summed E-state index contributed by atoms with van der Waals surface area (Å²) in [5, 5.41) is 0. The lowest BCUT2D eigenvalue weighted by Crippen LogP contribution is -2.04. The highest BCUT2D eigenvalue weighted by Gasteiger charge is 2.22. The number of hydrogen-bond donors (Lipinski definition) is 0. The number of hydrogen-bond acceptors (Lipinski definition) is 2. The average Bonchev–Trinajstić information content (AvgIpc) is 2.71. The Hall–Kier alpha value is -1.91. The summed E-state index contributed by atoms with van der Waals surface area (Å²) in [4.78, 5) is 0.428. The van der Waals surface area contributed by atoms with Gasteiger partial charge in [0.05, 0.1) is 4.90 Å². The van der Waals surface area contributed by atoms with Crippen LogP contribution in [0.15, 0.2) is 98.4 Å². The fraction of sp³-hybridized carbons (Fsp3) is 0.0870. The van der Waals surface area contributed by atoms with Crippen LogP contribution in [-0.4, -0.2) is 8.42 Å². The summed E-state index contributed by atoms with van der Waals surface area (Å²) in [5.74, 6) is 0. The summed E-state index contributed by atoms with van der Waals surface area (Å²) < 4.78 is 28.7. The predicted molar refractivity (Wildman–Crippen MR) is 123 cm³/mol. The largest absolute Gasteiger partial charge is 0.218 e. The molecule has 0 aliphatic carbocycles. The minimum absolute atomic E-state index is 0.172. The number of rotatable bonds is 5. The van der Waals surface area contributed by atoms with Crippen molar-refractivity contribution in [3.05, 3.63) is 105 Å². The van der Waals surface area contributed by atoms with Crippen LogP contribution in [-0.2, 0) is 9.84 Å². The highest BCUT2D eigenvalue weighted by Crippen LogP contribution is 2.30. The molecule has 0 aliphatic heterocycles. The van der Waals surface area contributed by atoms with E-state index in [1.807, 2.05) is 43.3 Å². The van der Waals surface area contributed by atoms with E-state index in [4.69, 9.17) is 0 Å². The van der Waals surface area contributed by atoms with E-state index in [0.717, 1.165) is 20.1 Å². The maximum absolute atomic E-state index is 13.4. The summed E-state index contributed by atoms with van der Waals surface area (Å²) in [6, 6.07) is 23.6. The highest BCUT2D eigenvalue weighted by molar-refractivity contribution is 9.10. The minimum atomic E-state index is -3.73. The van der Waals surface area contributed by atoms with Crippen LogP contribution in [0.25, 0.3) is 10.5 Å². The molecule has 5 heteroatoms. The van der Waals surface area contributed by atoms with Gasteiger partial charge < -0.3 is 0 Å². The second-order valence-corrected chi connectivity index (χ2v) is 9.83. The Balaban J connectivity index is 2.31. The van der Waals surface area contributed by atoms with Crippen molar-refractivity contribution >= 4 is 52.2 Å². The summed E-state index contributed by atoms with van der Waals surface area (Å²) >= 11 is 6.85. The van der Waals surface area contributed by atoms with Gasteiger partial charge in [-0.25, -0.2) is 8.42 Å². The van der Waals surface area contributed by atoms with Crippen molar-refractivity contribution in [1.82, 2.24) is 0 Å². The average molecular weight is 518 g/mol. The molecule has 3 aromatic rings. The molecule has 0 radical (unpaired) electrons. The zero-order valence-electron chi connectivity index (χ0n) is 15.2. The second-order valence-electron chi connectivity index (χ2n) is 6.12. The molecule has 2 nitrogen and oxygen atoms in total. The van der Waals surface area contributed by atoms with Gasteiger partial charge in [-0.1, -0.05) is 87.0 Å². The zero-order valence-corrected chi connectivity index (χ0v) is 19.2. The van der Waals surface area contributed by atoms with Crippen LogP contribution in [0, 0.1) is 0 Å². The highest BCUT2D eigenvalue weighted by atomic mass is 79.9. The predicted octanol–water partition coefficient (Wildman–Crippen LogP) is 7.12. The van der Waals surface area contributed by atoms with E-state index in [0.29, 0.717) is 12.0 Å². The Morgan fingerprint density at radius 2 is 1.29 bits per heavy atom. The van der Waals surface area contributed by atoms with Gasteiger partial charge in [-0.2, -0.15) is 0 Å². The van der Waals surface area contributed by atoms with Crippen LogP contribution in [0.1, 0.15) is 24.5 Å². The van der Waals surface area contributed by atoms with Gasteiger partial charge in [0, 0.05) is 20.1 Å². The van der Waals surface area contributed by atoms with Gasteiger partial charge in [-0.05, 0) is 48.4 Å². The van der Waals surface area contributed by atoms with Crippen molar-refractivity contribution in [1.29, 1.82) is 0 Å². The lowest BCUT2D eigenvalue weighted by atomic mass is 10.0. The molecule has 28 heavy (non-hydrogen) atoms. The summed E-state index contributed by atoms with van der Waals surface area (Å²) in [7, 11) is -3.73. The maximum atomic E-state index is 13.4. The quantitative estimate of drug-likeness (QED) is 0.337. The maximum Gasteiger partial charge on any atom is 0.214 e. The van der Waals surface area contributed by atoms with Gasteiger partial charge in [-0.15, -0.1) is 0 Å². The molecule has 0 bridgehead atoms. The first-order valence-electron chi connectivity index (χ1n) is 8.73. The Labute approximate surface area is 182 Å². The zero-order chi connectivity index (χ0) is 20.1. The molecule has 3 rings (SSSR count). The summed E-state index contributed by atoms with van der Waals surface area (Å²) in [6.45, 7) is 2.00. The molecular weight excluding hydrogens is 500 g/mol. The number of benzene rings is 3. The molecule has 142 valence electrons. The Morgan fingerprint density at radius 1 is 0.786 bits per heavy atom. The summed E-state index contributed by atoms with van der Waals surface area (Å²) in [6.07, 6.45) is 0.659. The van der Waals surface area contributed by atoms with E-state index in [9.17, 15) is 8.42 Å². The van der Waals surface area contributed by atoms with E-state index in [-0.39, 0.29) is 9.80 Å². The Morgan fingerprint density at radius 3 is 1.79 bits per heavy atom. The van der Waals surface area contributed by atoms with Gasteiger partial charge in [0.25, 0.3) is 0 Å². The van der Waals surface area contributed by atoms with Crippen molar-refractivity contribution in [2.45, 2.75) is 18.2 Å². The van der Waals surface area contributed by atoms with Crippen molar-refractivity contribution < 1.29 is 8.42 Å². The monoisotopic (exact) mass is 516 g/mol. The van der Waals surface area contributed by atoms with Crippen LogP contribution >= 0.6 is 31.9 Å². The molecule has 0 aromatic heterocycles. The van der Waals surface area contributed by atoms with E-state index in [1.54, 1.807) is 42.5 Å². The molecule has 3 aromatic carbocycles. The van der Waals surface area contributed by atoms with E-state index >= 15 is 0 Å². The third-order valence-electron chi connectivity index (χ3n) is 4.24. The lowest BCUT2D eigenvalue weighted by molar-refractivity contribution is 0.606. The molecule has 0 saturated heterocycles. The third kappa shape index (κ3) is 4.73. The Kier molecular flexibility index (Phi) is 6.73. The van der Waals surface area contributed by atoms with Crippen LogP contribution in [0.2, 0.25) is 0 Å². The Bertz CT molecular complexity index is 1130. The topological polar surface area (TPSA) is 34.1 Å². The molecular formula is C23H18Br2O2S. The van der Waals surface area contributed by atoms with Crippen molar-refractivity contribution in [2.24, 2.45) is 0 Å². The van der Waals surface area contributed by atoms with Gasteiger partial charge in [0.2, 0.25) is 9.84 Å². The third-order valence-corrected chi connectivity index (χ3v) is 7.06. The fourth-order valence-corrected chi connectivity index (χ4v) is 4.75. The van der Waals surface area contributed by atoms with E-state index in [1.165, 1.54) is 0 Å². The van der Waals surface area contributed by atoms with Crippen molar-refractivity contribution in [2.75, 3.05) is 0 Å². The fourth-order valence-electron chi connectivity index (χ4n) is 2.77. The summed E-state index contributed by atoms with van der Waals surface area (Å²) in [5.41, 5.74) is 5.62. The number of allylic oxidation sites excluding steroid dienone is 1. The number of halogens is 2. The smallest absolute Gasteiger partial charge is 0.214 e. The van der Waals surface area contributed by atoms with Crippen molar-refractivity contribution in [3.63, 3.8) is 0 Å². The lowest BCUT2D eigenvalue weighted by Gasteiger charge is -2.10. The molecule has 0 spiro atoms. The second kappa shape index (κ2) is 9.06. The van der Waals surface area contributed by atoms with E-state index < -0.39 is 9.84 Å². The van der Waals surface area contributed by atoms with Crippen LogP contribution in [0.4, 0.5) is 0 Å². The van der Waals surface area contributed by atoms with Crippen LogP contribution < -0.4 is 0 Å². The first-order valence-corrected chi connectivity index (χ1v) is 11.8. The first-order chi connectivity index (χ1) is 13.4. The van der Waals surface area contributed by atoms with Gasteiger partial charge >= 0.3 is 0 Å². The van der Waals surface area contributed by atoms with E-state index in [2.05, 4.69) is 37.6 Å². The molecule has 0 atom stereocenters. The first kappa shape index (κ1) is 20.8. The van der Waals surface area contributed by atoms with Crippen LogP contribution in [0.5, 0.6) is 0 Å². The standard InChI is InChI=1S/C23H18Br2O2S/c1-2-17(18-8-12-20(24)13-9-18)16-23(19-10-14-21(25)15-11-19)28(26,27)22-6-4-3-5-7-22/h3-15H,2H2,1H3. The SMILES string of the molecule is CCC(=C=C(c1ccc(Br)cc1)S(=O)(=O)c1ccccc1)c1ccc(Br)cc1. The minimum Gasteiger partial charge on any atom is -0.218 e. The molecule has 0 saturated carbocycles. The molecule has 0 aliphatic rings. The van der Waals surface area contributed by atoms with Gasteiger partial charge in [0.1, 0.15) is 4.91 Å². The number of sulfone groups is 1. The van der Waals surface area contributed by atoms with Gasteiger partial charge in [0.15, 0.2) is 0 Å². The van der Waals surface area contributed by atoms with Gasteiger partial charge in [-0.3, -0.25) is 0 Å².